The normalized spacial score (nSPS) is 24.8. The smallest absolute Gasteiger partial charge is 0.160 e. The van der Waals surface area contributed by atoms with Gasteiger partial charge in [-0.1, -0.05) is 35.7 Å². The summed E-state index contributed by atoms with van der Waals surface area (Å²) in [6, 6.07) is 0. The highest BCUT2D eigenvalue weighted by molar-refractivity contribution is 9.09. The van der Waals surface area contributed by atoms with E-state index in [2.05, 4.69) is 32.6 Å². The Hall–Kier alpha value is -0.510. The average Bonchev–Trinajstić information content (AvgIpc) is 2.64. The highest BCUT2D eigenvalue weighted by Crippen LogP contribution is 2.38. The van der Waals surface area contributed by atoms with Gasteiger partial charge in [0.05, 0.1) is 19.0 Å². The fourth-order valence-electron chi connectivity index (χ4n) is 2.89. The minimum atomic E-state index is 0.584. The fraction of sp³-hybridized carbons (Fsp3) is 0.786. The van der Waals surface area contributed by atoms with Gasteiger partial charge in [-0.05, 0) is 25.7 Å². The maximum atomic E-state index is 5.50. The summed E-state index contributed by atoms with van der Waals surface area (Å²) in [5, 5.41) is 4.48. The van der Waals surface area contributed by atoms with Crippen LogP contribution in [0.1, 0.15) is 57.1 Å². The summed E-state index contributed by atoms with van der Waals surface area (Å²) in [7, 11) is 1.75. The second-order valence-corrected chi connectivity index (χ2v) is 6.43. The number of aromatic nitrogens is 2. The third-order valence-electron chi connectivity index (χ3n) is 3.75. The van der Waals surface area contributed by atoms with Crippen molar-refractivity contribution in [2.24, 2.45) is 0 Å². The summed E-state index contributed by atoms with van der Waals surface area (Å²) in [6.07, 6.45) is 9.38. The molecule has 1 saturated carbocycles. The lowest BCUT2D eigenvalue weighted by atomic mass is 9.96. The van der Waals surface area contributed by atoms with Crippen molar-refractivity contribution in [2.45, 2.75) is 62.7 Å². The molecule has 102 valence electrons. The van der Waals surface area contributed by atoms with E-state index in [4.69, 9.17) is 4.74 Å². The lowest BCUT2D eigenvalue weighted by Gasteiger charge is -2.19. The number of nitrogens with zero attached hydrogens (tertiary/aromatic N) is 2. The molecule has 0 amide bonds. The van der Waals surface area contributed by atoms with E-state index in [1.165, 1.54) is 37.8 Å². The first-order valence-corrected chi connectivity index (χ1v) is 7.91. The van der Waals surface area contributed by atoms with E-state index in [0.29, 0.717) is 10.7 Å². The number of methoxy groups -OCH3 is 1. The maximum Gasteiger partial charge on any atom is 0.160 e. The molecular weight excluding hydrogens is 292 g/mol. The van der Waals surface area contributed by atoms with E-state index < -0.39 is 0 Å². The molecule has 0 N–H and O–H groups in total. The lowest BCUT2D eigenvalue weighted by molar-refractivity contribution is 0.395. The van der Waals surface area contributed by atoms with Crippen molar-refractivity contribution in [1.82, 2.24) is 9.78 Å². The number of alkyl halides is 1. The Morgan fingerprint density at radius 1 is 1.44 bits per heavy atom. The van der Waals surface area contributed by atoms with Crippen molar-refractivity contribution in [3.05, 3.63) is 11.9 Å². The first-order chi connectivity index (χ1) is 8.76. The molecule has 1 aromatic heterocycles. The lowest BCUT2D eigenvalue weighted by Crippen LogP contribution is -2.12. The van der Waals surface area contributed by atoms with Crippen LogP contribution in [0.4, 0.5) is 0 Å². The van der Waals surface area contributed by atoms with Crippen LogP contribution in [0, 0.1) is 0 Å². The predicted octanol–water partition coefficient (Wildman–Crippen LogP) is 4.11. The molecule has 0 aliphatic heterocycles. The van der Waals surface area contributed by atoms with Crippen molar-refractivity contribution in [3.8, 4) is 5.75 Å². The minimum absolute atomic E-state index is 0.584. The number of hydrogen-bond donors (Lipinski definition) is 0. The van der Waals surface area contributed by atoms with Gasteiger partial charge in [-0.15, -0.1) is 0 Å². The third-order valence-corrected chi connectivity index (χ3v) is 4.58. The van der Waals surface area contributed by atoms with Crippen LogP contribution in [0.2, 0.25) is 0 Å². The van der Waals surface area contributed by atoms with Crippen molar-refractivity contribution in [1.29, 1.82) is 0 Å². The van der Waals surface area contributed by atoms with Gasteiger partial charge in [0.25, 0.3) is 0 Å². The molecule has 18 heavy (non-hydrogen) atoms. The Bertz CT molecular complexity index is 378. The van der Waals surface area contributed by atoms with Gasteiger partial charge in [0.2, 0.25) is 0 Å². The van der Waals surface area contributed by atoms with Gasteiger partial charge >= 0.3 is 0 Å². The Labute approximate surface area is 118 Å². The van der Waals surface area contributed by atoms with Crippen molar-refractivity contribution < 1.29 is 4.74 Å². The van der Waals surface area contributed by atoms with Crippen molar-refractivity contribution in [2.75, 3.05) is 7.11 Å². The highest BCUT2D eigenvalue weighted by Gasteiger charge is 2.26. The molecule has 0 radical (unpaired) electrons. The third kappa shape index (κ3) is 3.08. The van der Waals surface area contributed by atoms with E-state index in [1.54, 1.807) is 7.11 Å². The van der Waals surface area contributed by atoms with E-state index in [0.717, 1.165) is 18.7 Å². The molecule has 3 nitrogen and oxygen atoms in total. The summed E-state index contributed by atoms with van der Waals surface area (Å²) < 4.78 is 7.65. The molecule has 1 aromatic rings. The van der Waals surface area contributed by atoms with Crippen LogP contribution in [0.3, 0.4) is 0 Å². The van der Waals surface area contributed by atoms with Crippen LogP contribution < -0.4 is 4.74 Å². The van der Waals surface area contributed by atoms with Crippen LogP contribution in [0.25, 0.3) is 0 Å². The van der Waals surface area contributed by atoms with Crippen LogP contribution in [0.15, 0.2) is 6.20 Å². The Morgan fingerprint density at radius 2 is 2.22 bits per heavy atom. The summed E-state index contributed by atoms with van der Waals surface area (Å²) in [5.41, 5.74) is 1.31. The summed E-state index contributed by atoms with van der Waals surface area (Å²) >= 11 is 3.80. The van der Waals surface area contributed by atoms with Gasteiger partial charge in [-0.3, -0.25) is 4.68 Å². The van der Waals surface area contributed by atoms with Crippen LogP contribution in [0.5, 0.6) is 5.75 Å². The number of rotatable bonds is 4. The number of halogens is 1. The van der Waals surface area contributed by atoms with Crippen LogP contribution >= 0.6 is 15.9 Å². The Morgan fingerprint density at radius 3 is 2.94 bits per heavy atom. The second kappa shape index (κ2) is 6.60. The fourth-order valence-corrected chi connectivity index (χ4v) is 3.66. The first kappa shape index (κ1) is 13.9. The van der Waals surface area contributed by atoms with Crippen LogP contribution in [-0.4, -0.2) is 21.7 Å². The molecule has 0 aromatic carbocycles. The van der Waals surface area contributed by atoms with E-state index in [1.807, 2.05) is 6.20 Å². The summed E-state index contributed by atoms with van der Waals surface area (Å²) in [5.74, 6) is 1.55. The molecule has 0 spiro atoms. The molecule has 0 bridgehead atoms. The maximum absolute atomic E-state index is 5.50. The zero-order valence-electron chi connectivity index (χ0n) is 11.4. The monoisotopic (exact) mass is 314 g/mol. The van der Waals surface area contributed by atoms with Gasteiger partial charge in [-0.2, -0.15) is 5.10 Å². The minimum Gasteiger partial charge on any atom is -0.493 e. The topological polar surface area (TPSA) is 27.1 Å². The summed E-state index contributed by atoms with van der Waals surface area (Å²) in [4.78, 5) is 0.639. The molecule has 2 atom stereocenters. The van der Waals surface area contributed by atoms with Gasteiger partial charge in [-0.25, -0.2) is 0 Å². The van der Waals surface area contributed by atoms with Gasteiger partial charge in [0.1, 0.15) is 0 Å². The SMILES string of the molecule is CCCn1ncc(OC)c1C1CCCCC(Br)C1. The van der Waals surface area contributed by atoms with E-state index in [9.17, 15) is 0 Å². The van der Waals surface area contributed by atoms with E-state index >= 15 is 0 Å². The Balaban J connectivity index is 2.25. The zero-order valence-corrected chi connectivity index (χ0v) is 12.9. The predicted molar refractivity (Wildman–Crippen MR) is 77.6 cm³/mol. The standard InChI is InChI=1S/C14H23BrN2O/c1-3-8-17-14(13(18-2)10-16-17)11-6-4-5-7-12(15)9-11/h10-12H,3-9H2,1-2H3. The highest BCUT2D eigenvalue weighted by atomic mass is 79.9. The molecule has 0 saturated heterocycles. The molecule has 1 fully saturated rings. The Kier molecular flexibility index (Phi) is 5.10. The molecule has 1 aliphatic rings. The van der Waals surface area contributed by atoms with Gasteiger partial charge in [0, 0.05) is 17.3 Å². The second-order valence-electron chi connectivity index (χ2n) is 5.14. The molecule has 4 heteroatoms. The van der Waals surface area contributed by atoms with Crippen molar-refractivity contribution >= 4 is 15.9 Å². The van der Waals surface area contributed by atoms with E-state index in [-0.39, 0.29) is 0 Å². The number of hydrogen-bond acceptors (Lipinski definition) is 2. The molecule has 2 unspecified atom stereocenters. The molecule has 2 rings (SSSR count). The quantitative estimate of drug-likeness (QED) is 0.617. The number of ether oxygens (including phenoxy) is 1. The van der Waals surface area contributed by atoms with Gasteiger partial charge in [0.15, 0.2) is 5.75 Å². The summed E-state index contributed by atoms with van der Waals surface area (Å²) in [6.45, 7) is 3.18. The molecular formula is C14H23BrN2O. The average molecular weight is 315 g/mol. The number of aryl methyl sites for hydroxylation is 1. The first-order valence-electron chi connectivity index (χ1n) is 7.00. The zero-order chi connectivity index (χ0) is 13.0. The largest absolute Gasteiger partial charge is 0.493 e. The molecule has 1 heterocycles. The van der Waals surface area contributed by atoms with Crippen LogP contribution in [-0.2, 0) is 6.54 Å². The molecule has 1 aliphatic carbocycles. The van der Waals surface area contributed by atoms with Gasteiger partial charge < -0.3 is 4.74 Å². The van der Waals surface area contributed by atoms with Crippen molar-refractivity contribution in [3.63, 3.8) is 0 Å².